The van der Waals surface area contributed by atoms with E-state index in [2.05, 4.69) is 15.6 Å². The predicted molar refractivity (Wildman–Crippen MR) is 95.0 cm³/mol. The van der Waals surface area contributed by atoms with Gasteiger partial charge >= 0.3 is 6.03 Å². The minimum atomic E-state index is -0.562. The fourth-order valence-electron chi connectivity index (χ4n) is 2.72. The number of benzene rings is 1. The molecular formula is C19H25N3O2. The molecule has 2 rings (SSSR count). The number of hydrogen-bond donors (Lipinski definition) is 2. The number of nitrogens with one attached hydrogen (secondary N) is 2. The van der Waals surface area contributed by atoms with Crippen LogP contribution in [0.4, 0.5) is 4.79 Å². The smallest absolute Gasteiger partial charge is 0.315 e. The fraction of sp³-hybridized carbons (Fsp3) is 0.368. The highest BCUT2D eigenvalue weighted by Gasteiger charge is 2.27. The summed E-state index contributed by atoms with van der Waals surface area (Å²) in [6, 6.07) is 11.3. The molecule has 2 amide bonds. The van der Waals surface area contributed by atoms with Crippen LogP contribution in [0.5, 0.6) is 5.75 Å². The highest BCUT2D eigenvalue weighted by molar-refractivity contribution is 5.75. The lowest BCUT2D eigenvalue weighted by molar-refractivity contribution is 0.225. The lowest BCUT2D eigenvalue weighted by Crippen LogP contribution is -2.47. The first-order valence-corrected chi connectivity index (χ1v) is 8.10. The number of hydrogen-bond acceptors (Lipinski definition) is 3. The summed E-state index contributed by atoms with van der Waals surface area (Å²) in [5.41, 5.74) is 1.41. The van der Waals surface area contributed by atoms with E-state index in [1.54, 1.807) is 19.5 Å². The number of carbonyl (C=O) groups excluding carboxylic acids is 1. The maximum Gasteiger partial charge on any atom is 0.315 e. The second-order valence-electron chi connectivity index (χ2n) is 6.17. The Bertz CT molecular complexity index is 671. The molecule has 0 aliphatic rings. The van der Waals surface area contributed by atoms with Gasteiger partial charge in [0.25, 0.3) is 0 Å². The third kappa shape index (κ3) is 4.25. The lowest BCUT2D eigenvalue weighted by atomic mass is 9.93. The van der Waals surface area contributed by atoms with Gasteiger partial charge in [-0.1, -0.05) is 25.1 Å². The number of rotatable bonds is 6. The Kier molecular flexibility index (Phi) is 5.79. The van der Waals surface area contributed by atoms with Crippen molar-refractivity contribution in [1.82, 2.24) is 15.6 Å². The van der Waals surface area contributed by atoms with Crippen LogP contribution in [-0.2, 0) is 5.54 Å². The first-order valence-electron chi connectivity index (χ1n) is 8.10. The van der Waals surface area contributed by atoms with E-state index in [1.807, 2.05) is 57.2 Å². The number of aromatic nitrogens is 1. The summed E-state index contributed by atoms with van der Waals surface area (Å²) >= 11 is 0. The molecule has 0 saturated carbocycles. The van der Waals surface area contributed by atoms with Crippen molar-refractivity contribution in [2.75, 3.05) is 7.11 Å². The average molecular weight is 327 g/mol. The Hall–Kier alpha value is -2.56. The van der Waals surface area contributed by atoms with E-state index in [0.29, 0.717) is 0 Å². The second kappa shape index (κ2) is 7.81. The number of urea groups is 1. The van der Waals surface area contributed by atoms with E-state index in [1.165, 1.54) is 0 Å². The first kappa shape index (κ1) is 17.8. The Morgan fingerprint density at radius 1 is 1.21 bits per heavy atom. The predicted octanol–water partition coefficient (Wildman–Crippen LogP) is 3.78. The summed E-state index contributed by atoms with van der Waals surface area (Å²) in [5.74, 6) is 0.754. The molecule has 128 valence electrons. The van der Waals surface area contributed by atoms with E-state index >= 15 is 0 Å². The van der Waals surface area contributed by atoms with Gasteiger partial charge in [0, 0.05) is 18.0 Å². The van der Waals surface area contributed by atoms with E-state index in [4.69, 9.17) is 4.74 Å². The molecule has 0 radical (unpaired) electrons. The van der Waals surface area contributed by atoms with Gasteiger partial charge < -0.3 is 15.4 Å². The third-order valence-corrected chi connectivity index (χ3v) is 4.03. The zero-order valence-corrected chi connectivity index (χ0v) is 14.7. The van der Waals surface area contributed by atoms with Gasteiger partial charge in [-0.3, -0.25) is 4.98 Å². The fourth-order valence-corrected chi connectivity index (χ4v) is 2.72. The summed E-state index contributed by atoms with van der Waals surface area (Å²) < 4.78 is 5.41. The van der Waals surface area contributed by atoms with Gasteiger partial charge in [-0.15, -0.1) is 0 Å². The van der Waals surface area contributed by atoms with Crippen molar-refractivity contribution in [2.24, 2.45) is 0 Å². The molecule has 5 heteroatoms. The van der Waals surface area contributed by atoms with E-state index < -0.39 is 5.54 Å². The Labute approximate surface area is 143 Å². The molecule has 1 heterocycles. The van der Waals surface area contributed by atoms with E-state index in [-0.39, 0.29) is 12.1 Å². The molecule has 0 aliphatic heterocycles. The molecule has 0 bridgehead atoms. The van der Waals surface area contributed by atoms with Gasteiger partial charge in [0.05, 0.1) is 18.7 Å². The Morgan fingerprint density at radius 3 is 2.50 bits per heavy atom. The van der Waals surface area contributed by atoms with Gasteiger partial charge in [-0.25, -0.2) is 4.79 Å². The van der Waals surface area contributed by atoms with Gasteiger partial charge in [0.15, 0.2) is 0 Å². The zero-order chi connectivity index (χ0) is 17.6. The Morgan fingerprint density at radius 2 is 1.88 bits per heavy atom. The van der Waals surface area contributed by atoms with Crippen molar-refractivity contribution in [2.45, 2.75) is 38.8 Å². The molecule has 0 unspecified atom stereocenters. The second-order valence-corrected chi connectivity index (χ2v) is 6.17. The summed E-state index contributed by atoms with van der Waals surface area (Å²) in [6.45, 7) is 5.95. The normalized spacial score (nSPS) is 12.3. The quantitative estimate of drug-likeness (QED) is 0.849. The number of amides is 2. The maximum atomic E-state index is 12.5. The monoisotopic (exact) mass is 327 g/mol. The van der Waals surface area contributed by atoms with Crippen molar-refractivity contribution < 1.29 is 9.53 Å². The highest BCUT2D eigenvalue weighted by atomic mass is 16.5. The summed E-state index contributed by atoms with van der Waals surface area (Å²) in [4.78, 5) is 16.5. The molecule has 1 aromatic heterocycles. The van der Waals surface area contributed by atoms with Crippen LogP contribution in [-0.4, -0.2) is 18.1 Å². The topological polar surface area (TPSA) is 63.2 Å². The number of ether oxygens (including phenoxy) is 1. The van der Waals surface area contributed by atoms with Crippen molar-refractivity contribution >= 4 is 6.03 Å². The molecule has 5 nitrogen and oxygen atoms in total. The molecule has 0 fully saturated rings. The van der Waals surface area contributed by atoms with Crippen LogP contribution in [0, 0.1) is 0 Å². The van der Waals surface area contributed by atoms with Gasteiger partial charge in [-0.05, 0) is 44.0 Å². The van der Waals surface area contributed by atoms with Crippen LogP contribution < -0.4 is 15.4 Å². The molecule has 0 aliphatic carbocycles. The zero-order valence-electron chi connectivity index (χ0n) is 14.7. The molecule has 1 aromatic carbocycles. The van der Waals surface area contributed by atoms with Crippen LogP contribution in [0.25, 0.3) is 0 Å². The van der Waals surface area contributed by atoms with Gasteiger partial charge in [0.2, 0.25) is 0 Å². The summed E-state index contributed by atoms with van der Waals surface area (Å²) in [7, 11) is 1.63. The van der Waals surface area contributed by atoms with Crippen molar-refractivity contribution in [3.63, 3.8) is 0 Å². The number of pyridine rings is 1. The van der Waals surface area contributed by atoms with Crippen molar-refractivity contribution in [1.29, 1.82) is 0 Å². The van der Waals surface area contributed by atoms with Crippen LogP contribution in [0.15, 0.2) is 48.8 Å². The lowest BCUT2D eigenvalue weighted by Gasteiger charge is -2.29. The third-order valence-electron chi connectivity index (χ3n) is 4.03. The standard InChI is InChI=1S/C19H25N3O2/c1-5-16(14-10-12-20-13-11-14)21-18(23)22-19(2,3)15-8-6-7-9-17(15)24-4/h6-13,16H,5H2,1-4H3,(H2,21,22,23)/t16-/m1/s1. The molecular weight excluding hydrogens is 302 g/mol. The number of nitrogens with zero attached hydrogens (tertiary/aromatic N) is 1. The van der Waals surface area contributed by atoms with Crippen LogP contribution >= 0.6 is 0 Å². The molecule has 2 aromatic rings. The number of para-hydroxylation sites is 1. The van der Waals surface area contributed by atoms with Crippen molar-refractivity contribution in [3.05, 3.63) is 59.9 Å². The van der Waals surface area contributed by atoms with E-state index in [0.717, 1.165) is 23.3 Å². The van der Waals surface area contributed by atoms with Crippen LogP contribution in [0.2, 0.25) is 0 Å². The maximum absolute atomic E-state index is 12.5. The average Bonchev–Trinajstić information content (AvgIpc) is 2.60. The van der Waals surface area contributed by atoms with Crippen LogP contribution in [0.1, 0.15) is 44.4 Å². The molecule has 2 N–H and O–H groups in total. The number of carbonyl (C=O) groups is 1. The SMILES string of the molecule is CC[C@@H](NC(=O)NC(C)(C)c1ccccc1OC)c1ccncc1. The Balaban J connectivity index is 2.10. The molecule has 0 spiro atoms. The summed E-state index contributed by atoms with van der Waals surface area (Å²) in [5, 5.41) is 6.06. The van der Waals surface area contributed by atoms with E-state index in [9.17, 15) is 4.79 Å². The first-order chi connectivity index (χ1) is 11.5. The molecule has 0 saturated heterocycles. The van der Waals surface area contributed by atoms with Gasteiger partial charge in [0.1, 0.15) is 5.75 Å². The minimum absolute atomic E-state index is 0.0542. The summed E-state index contributed by atoms with van der Waals surface area (Å²) in [6.07, 6.45) is 4.26. The van der Waals surface area contributed by atoms with Crippen molar-refractivity contribution in [3.8, 4) is 5.75 Å². The minimum Gasteiger partial charge on any atom is -0.496 e. The number of methoxy groups -OCH3 is 1. The van der Waals surface area contributed by atoms with Gasteiger partial charge in [-0.2, -0.15) is 0 Å². The molecule has 24 heavy (non-hydrogen) atoms. The molecule has 1 atom stereocenters. The van der Waals surface area contributed by atoms with Crippen LogP contribution in [0.3, 0.4) is 0 Å². The largest absolute Gasteiger partial charge is 0.496 e. The highest BCUT2D eigenvalue weighted by Crippen LogP contribution is 2.29.